The van der Waals surface area contributed by atoms with Gasteiger partial charge in [-0.3, -0.25) is 9.59 Å². The van der Waals surface area contributed by atoms with Crippen molar-refractivity contribution in [1.82, 2.24) is 0 Å². The third kappa shape index (κ3) is 4.13. The Bertz CT molecular complexity index is 544. The van der Waals surface area contributed by atoms with E-state index >= 15 is 0 Å². The highest BCUT2D eigenvalue weighted by Gasteiger charge is 2.28. The summed E-state index contributed by atoms with van der Waals surface area (Å²) in [4.78, 5) is 22.2. The lowest BCUT2D eigenvalue weighted by molar-refractivity contribution is -0.143. The Kier molecular flexibility index (Phi) is 5.33. The van der Waals surface area contributed by atoms with Crippen molar-refractivity contribution in [3.63, 3.8) is 0 Å². The quantitative estimate of drug-likeness (QED) is 0.676. The lowest BCUT2D eigenvalue weighted by atomic mass is 9.84. The topological polar surface area (TPSA) is 63.6 Å². The number of benzene rings is 1. The molecule has 1 N–H and O–H groups in total. The number of carboxylic acid groups (broad SMARTS) is 1. The van der Waals surface area contributed by atoms with E-state index in [2.05, 4.69) is 11.8 Å². The van der Waals surface area contributed by atoms with Crippen LogP contribution in [0.4, 0.5) is 0 Å². The van der Waals surface area contributed by atoms with E-state index in [9.17, 15) is 9.59 Å². The monoisotopic (exact) mass is 274 g/mol. The van der Waals surface area contributed by atoms with Crippen LogP contribution in [0, 0.1) is 11.8 Å². The van der Waals surface area contributed by atoms with Gasteiger partial charge in [-0.05, 0) is 38.5 Å². The van der Waals surface area contributed by atoms with Crippen LogP contribution in [0.25, 0.3) is 0 Å². The summed E-state index contributed by atoms with van der Waals surface area (Å²) in [7, 11) is 0. The minimum Gasteiger partial charge on any atom is -0.481 e. The van der Waals surface area contributed by atoms with Gasteiger partial charge in [-0.25, -0.2) is 0 Å². The van der Waals surface area contributed by atoms with Gasteiger partial charge in [-0.2, -0.15) is 0 Å². The van der Waals surface area contributed by atoms with E-state index in [0.717, 1.165) is 5.56 Å². The van der Waals surface area contributed by atoms with Crippen LogP contribution in [0.15, 0.2) is 24.3 Å². The Labute approximate surface area is 118 Å². The van der Waals surface area contributed by atoms with Gasteiger partial charge in [-0.15, -0.1) is 0 Å². The molecule has 0 heterocycles. The van der Waals surface area contributed by atoms with E-state index in [1.54, 1.807) is 45.0 Å². The summed E-state index contributed by atoms with van der Waals surface area (Å²) >= 11 is 0. The molecule has 1 rings (SSSR count). The van der Waals surface area contributed by atoms with Crippen molar-refractivity contribution in [3.05, 3.63) is 35.4 Å². The van der Waals surface area contributed by atoms with Crippen LogP contribution in [-0.2, 0) is 19.7 Å². The van der Waals surface area contributed by atoms with Crippen LogP contribution in [0.3, 0.4) is 0 Å². The van der Waals surface area contributed by atoms with Gasteiger partial charge in [0.05, 0.1) is 12.0 Å². The summed E-state index contributed by atoms with van der Waals surface area (Å²) in [6.07, 6.45) is 0.0518. The van der Waals surface area contributed by atoms with Gasteiger partial charge in [-0.1, -0.05) is 24.0 Å². The minimum absolute atomic E-state index is 0.0518. The summed E-state index contributed by atoms with van der Waals surface area (Å²) in [5, 5.41) is 9.14. The van der Waals surface area contributed by atoms with Crippen LogP contribution in [-0.4, -0.2) is 23.7 Å². The molecule has 0 saturated carbocycles. The summed E-state index contributed by atoms with van der Waals surface area (Å²) in [5.74, 6) is 4.35. The minimum atomic E-state index is -0.934. The maximum absolute atomic E-state index is 11.1. The van der Waals surface area contributed by atoms with Crippen molar-refractivity contribution in [2.24, 2.45) is 0 Å². The van der Waals surface area contributed by atoms with E-state index in [1.165, 1.54) is 0 Å². The van der Waals surface area contributed by atoms with E-state index in [4.69, 9.17) is 9.84 Å². The van der Waals surface area contributed by atoms with Gasteiger partial charge >= 0.3 is 11.9 Å². The fourth-order valence-electron chi connectivity index (χ4n) is 1.52. The van der Waals surface area contributed by atoms with E-state index in [0.29, 0.717) is 12.2 Å². The zero-order valence-corrected chi connectivity index (χ0v) is 11.9. The Balaban J connectivity index is 2.76. The summed E-state index contributed by atoms with van der Waals surface area (Å²) < 4.78 is 4.76. The molecule has 4 heteroatoms. The molecule has 0 bridgehead atoms. The number of carbonyl (C=O) groups is 2. The molecule has 0 aliphatic heterocycles. The predicted molar refractivity (Wildman–Crippen MR) is 75.2 cm³/mol. The van der Waals surface area contributed by atoms with Crippen molar-refractivity contribution in [2.75, 3.05) is 6.61 Å². The molecule has 0 radical (unpaired) electrons. The first-order chi connectivity index (χ1) is 9.37. The lowest BCUT2D eigenvalue weighted by Crippen LogP contribution is -2.28. The molecular formula is C16H18O4. The second kappa shape index (κ2) is 6.76. The molecule has 0 fully saturated rings. The zero-order chi connectivity index (χ0) is 15.2. The Morgan fingerprint density at radius 1 is 1.25 bits per heavy atom. The SMILES string of the molecule is CCOC(=O)CC#Cc1ccc(C(C)(C)C(=O)O)cc1. The molecule has 20 heavy (non-hydrogen) atoms. The van der Waals surface area contributed by atoms with E-state index in [-0.39, 0.29) is 12.4 Å². The van der Waals surface area contributed by atoms with Crippen molar-refractivity contribution < 1.29 is 19.4 Å². The lowest BCUT2D eigenvalue weighted by Gasteiger charge is -2.19. The number of rotatable bonds is 4. The number of carbonyl (C=O) groups excluding carboxylic acids is 1. The molecule has 0 aliphatic rings. The highest BCUT2D eigenvalue weighted by atomic mass is 16.5. The fraction of sp³-hybridized carbons (Fsp3) is 0.375. The molecule has 1 aromatic rings. The second-order valence-corrected chi connectivity index (χ2v) is 4.79. The zero-order valence-electron chi connectivity index (χ0n) is 11.9. The number of hydrogen-bond acceptors (Lipinski definition) is 3. The van der Waals surface area contributed by atoms with Gasteiger partial charge in [0, 0.05) is 5.56 Å². The molecule has 0 atom stereocenters. The summed E-state index contributed by atoms with van der Waals surface area (Å²) in [6, 6.07) is 6.97. The predicted octanol–water partition coefficient (Wildman–Crippen LogP) is 2.35. The van der Waals surface area contributed by atoms with Gasteiger partial charge < -0.3 is 9.84 Å². The highest BCUT2D eigenvalue weighted by molar-refractivity contribution is 5.80. The average molecular weight is 274 g/mol. The largest absolute Gasteiger partial charge is 0.481 e. The number of esters is 1. The van der Waals surface area contributed by atoms with Gasteiger partial charge in [0.1, 0.15) is 6.42 Å². The first kappa shape index (κ1) is 15.8. The maximum atomic E-state index is 11.1. The number of ether oxygens (including phenoxy) is 1. The molecule has 106 valence electrons. The van der Waals surface area contributed by atoms with Crippen LogP contribution < -0.4 is 0 Å². The Morgan fingerprint density at radius 3 is 2.35 bits per heavy atom. The van der Waals surface area contributed by atoms with Crippen molar-refractivity contribution in [1.29, 1.82) is 0 Å². The van der Waals surface area contributed by atoms with E-state index < -0.39 is 11.4 Å². The molecule has 0 spiro atoms. The highest BCUT2D eigenvalue weighted by Crippen LogP contribution is 2.23. The van der Waals surface area contributed by atoms with Gasteiger partial charge in [0.25, 0.3) is 0 Å². The third-order valence-corrected chi connectivity index (χ3v) is 2.91. The molecule has 0 aromatic heterocycles. The van der Waals surface area contributed by atoms with Crippen LogP contribution in [0.5, 0.6) is 0 Å². The summed E-state index contributed by atoms with van der Waals surface area (Å²) in [5.41, 5.74) is 0.511. The maximum Gasteiger partial charge on any atom is 0.317 e. The normalized spacial score (nSPS) is 10.3. The molecule has 0 saturated heterocycles. The van der Waals surface area contributed by atoms with Gasteiger partial charge in [0.15, 0.2) is 0 Å². The van der Waals surface area contributed by atoms with Crippen LogP contribution in [0.2, 0.25) is 0 Å². The molecule has 0 unspecified atom stereocenters. The second-order valence-electron chi connectivity index (χ2n) is 4.79. The van der Waals surface area contributed by atoms with Crippen LogP contribution >= 0.6 is 0 Å². The molecular weight excluding hydrogens is 256 g/mol. The summed E-state index contributed by atoms with van der Waals surface area (Å²) in [6.45, 7) is 5.39. The first-order valence-corrected chi connectivity index (χ1v) is 6.36. The van der Waals surface area contributed by atoms with Crippen molar-refractivity contribution in [3.8, 4) is 11.8 Å². The molecule has 4 nitrogen and oxygen atoms in total. The number of carboxylic acids is 1. The molecule has 1 aromatic carbocycles. The van der Waals surface area contributed by atoms with Crippen molar-refractivity contribution >= 4 is 11.9 Å². The van der Waals surface area contributed by atoms with Crippen LogP contribution in [0.1, 0.15) is 38.3 Å². The van der Waals surface area contributed by atoms with Crippen molar-refractivity contribution in [2.45, 2.75) is 32.6 Å². The third-order valence-electron chi connectivity index (χ3n) is 2.91. The Morgan fingerprint density at radius 2 is 1.85 bits per heavy atom. The Hall–Kier alpha value is -2.28. The molecule has 0 amide bonds. The first-order valence-electron chi connectivity index (χ1n) is 6.36. The number of hydrogen-bond donors (Lipinski definition) is 1. The number of aliphatic carboxylic acids is 1. The van der Waals surface area contributed by atoms with Gasteiger partial charge in [0.2, 0.25) is 0 Å². The fourth-order valence-corrected chi connectivity index (χ4v) is 1.52. The standard InChI is InChI=1S/C16H18O4/c1-4-20-14(17)7-5-6-12-8-10-13(11-9-12)16(2,3)15(18)19/h8-11H,4,7H2,1-3H3,(H,18,19). The average Bonchev–Trinajstić information content (AvgIpc) is 2.39. The molecule has 0 aliphatic carbocycles. The smallest absolute Gasteiger partial charge is 0.317 e. The van der Waals surface area contributed by atoms with E-state index in [1.807, 2.05) is 0 Å².